The van der Waals surface area contributed by atoms with Crippen LogP contribution in [-0.4, -0.2) is 73.5 Å². The van der Waals surface area contributed by atoms with Crippen molar-refractivity contribution in [2.75, 3.05) is 13.2 Å². The average molecular weight is 530 g/mol. The lowest BCUT2D eigenvalue weighted by molar-refractivity contribution is -0.110. The van der Waals surface area contributed by atoms with E-state index in [0.29, 0.717) is 0 Å². The minimum atomic E-state index is -3.57. The number of aliphatic hydroxyl groups is 2. The van der Waals surface area contributed by atoms with Gasteiger partial charge in [-0.1, -0.05) is 20.8 Å². The first kappa shape index (κ1) is 25.1. The van der Waals surface area contributed by atoms with E-state index in [1.807, 2.05) is 50.3 Å². The van der Waals surface area contributed by atoms with Gasteiger partial charge < -0.3 is 19.7 Å². The molecule has 11 heteroatoms. The van der Waals surface area contributed by atoms with Gasteiger partial charge in [0.15, 0.2) is 0 Å². The Bertz CT molecular complexity index is 661. The van der Waals surface area contributed by atoms with Crippen LogP contribution in [0, 0.1) is 11.3 Å². The fourth-order valence-corrected chi connectivity index (χ4v) is 6.65. The van der Waals surface area contributed by atoms with Crippen LogP contribution >= 0.6 is 27.3 Å². The topological polar surface area (TPSA) is 94.5 Å². The van der Waals surface area contributed by atoms with Crippen LogP contribution < -0.4 is 0 Å². The van der Waals surface area contributed by atoms with Gasteiger partial charge in [-0.15, -0.1) is 0 Å². The van der Waals surface area contributed by atoms with Crippen LogP contribution in [0.15, 0.2) is 0 Å². The first-order valence-corrected chi connectivity index (χ1v) is 14.0. The Hall–Kier alpha value is 0.850. The van der Waals surface area contributed by atoms with Gasteiger partial charge in [0.1, 0.15) is 33.0 Å². The van der Waals surface area contributed by atoms with Gasteiger partial charge in [-0.25, -0.2) is 4.57 Å². The molecule has 8 atom stereocenters. The molecule has 2 fully saturated rings. The molecule has 2 N–H and O–H groups in total. The number of hydrogen-bond donors (Lipinski definition) is 2. The highest BCUT2D eigenvalue weighted by Crippen LogP contribution is 2.64. The van der Waals surface area contributed by atoms with Gasteiger partial charge in [0.25, 0.3) is 0 Å². The molecular formula is C17H34B2IO7P. The molecule has 0 saturated carbocycles. The summed E-state index contributed by atoms with van der Waals surface area (Å²) in [6, 6.07) is 0. The van der Waals surface area contributed by atoms with Crippen molar-refractivity contribution in [1.29, 1.82) is 0 Å². The monoisotopic (exact) mass is 530 g/mol. The summed E-state index contributed by atoms with van der Waals surface area (Å²) >= 11 is 1.68. The molecule has 2 aliphatic rings. The van der Waals surface area contributed by atoms with Crippen molar-refractivity contribution in [3.05, 3.63) is 0 Å². The van der Waals surface area contributed by atoms with Crippen LogP contribution in [0.5, 0.6) is 0 Å². The third-order valence-electron chi connectivity index (χ3n) is 6.99. The third-order valence-corrected chi connectivity index (χ3v) is 9.41. The van der Waals surface area contributed by atoms with Gasteiger partial charge in [-0.05, 0) is 27.7 Å². The number of rotatable bonds is 6. The molecule has 28 heavy (non-hydrogen) atoms. The smallest absolute Gasteiger partial charge is 0.389 e. The normalized spacial score (nSPS) is 50.6. The van der Waals surface area contributed by atoms with E-state index in [0.717, 1.165) is 0 Å². The van der Waals surface area contributed by atoms with Crippen molar-refractivity contribution in [1.82, 2.24) is 0 Å². The van der Waals surface area contributed by atoms with E-state index in [2.05, 4.69) is 0 Å². The van der Waals surface area contributed by atoms with E-state index < -0.39 is 45.1 Å². The van der Waals surface area contributed by atoms with E-state index in [1.165, 1.54) is 0 Å². The highest BCUT2D eigenvalue weighted by molar-refractivity contribution is 14.2. The fourth-order valence-electron chi connectivity index (χ4n) is 4.35. The number of ether oxygens (including phenoxy) is 2. The minimum Gasteiger partial charge on any atom is -0.393 e. The Kier molecular flexibility index (Phi) is 6.70. The summed E-state index contributed by atoms with van der Waals surface area (Å²) in [4.78, 5) is 0. The second-order valence-corrected chi connectivity index (χ2v) is 15.1. The summed E-state index contributed by atoms with van der Waals surface area (Å²) in [6.07, 6.45) is -1.41. The molecule has 2 rings (SSSR count). The summed E-state index contributed by atoms with van der Waals surface area (Å²) in [6.45, 7) is 12.8. The molecule has 0 spiro atoms. The van der Waals surface area contributed by atoms with Crippen LogP contribution in [0.2, 0.25) is 0 Å². The molecule has 5 unspecified atom stereocenters. The first-order chi connectivity index (χ1) is 12.3. The van der Waals surface area contributed by atoms with Crippen molar-refractivity contribution in [3.63, 3.8) is 0 Å². The Morgan fingerprint density at radius 1 is 1.11 bits per heavy atom. The van der Waals surface area contributed by atoms with Crippen LogP contribution in [0.25, 0.3) is 0 Å². The largest absolute Gasteiger partial charge is 0.393 e. The lowest BCUT2D eigenvalue weighted by Crippen LogP contribution is -2.47. The highest BCUT2D eigenvalue weighted by Gasteiger charge is 2.63. The van der Waals surface area contributed by atoms with Gasteiger partial charge in [-0.2, -0.15) is 0 Å². The van der Waals surface area contributed by atoms with Gasteiger partial charge in [0, 0.05) is 22.3 Å². The molecule has 0 amide bonds. The molecule has 2 heterocycles. The molecule has 0 radical (unpaired) electrons. The second kappa shape index (κ2) is 7.47. The minimum absolute atomic E-state index is 0.0740. The molecule has 0 aliphatic carbocycles. The van der Waals surface area contributed by atoms with E-state index in [1.54, 1.807) is 35.9 Å². The zero-order valence-electron chi connectivity index (χ0n) is 18.4. The Morgan fingerprint density at radius 3 is 2.07 bits per heavy atom. The zero-order chi connectivity index (χ0) is 22.0. The fraction of sp³-hybridized carbons (Fsp3) is 1.00. The molecule has 7 nitrogen and oxygen atoms in total. The quantitative estimate of drug-likeness (QED) is 0.303. The molecule has 0 aromatic rings. The van der Waals surface area contributed by atoms with E-state index in [-0.39, 0.29) is 19.1 Å². The third kappa shape index (κ3) is 4.27. The van der Waals surface area contributed by atoms with Gasteiger partial charge in [0.05, 0.1) is 41.4 Å². The van der Waals surface area contributed by atoms with Gasteiger partial charge in [-0.3, -0.25) is 9.05 Å². The molecule has 0 aromatic carbocycles. The summed E-state index contributed by atoms with van der Waals surface area (Å²) in [5.74, 6) is -0.101. The maximum atomic E-state index is 13.2. The van der Waals surface area contributed by atoms with E-state index in [4.69, 9.17) is 18.5 Å². The van der Waals surface area contributed by atoms with Crippen molar-refractivity contribution in [2.45, 2.75) is 82.9 Å². The number of halogens is 1. The molecule has 0 aromatic heterocycles. The molecule has 162 valence electrons. The van der Waals surface area contributed by atoms with Crippen LogP contribution in [0.4, 0.5) is 0 Å². The first-order valence-electron chi connectivity index (χ1n) is 9.65. The summed E-state index contributed by atoms with van der Waals surface area (Å²) in [5.41, 5.74) is -3.65. The molecule has 2 saturated heterocycles. The summed E-state index contributed by atoms with van der Waals surface area (Å²) in [5, 5.41) is 17.0. The second-order valence-electron chi connectivity index (χ2n) is 10.2. The predicted molar refractivity (Wildman–Crippen MR) is 121 cm³/mol. The molecular weight excluding hydrogens is 496 g/mol. The lowest BCUT2D eigenvalue weighted by atomic mass is 9.62. The van der Waals surface area contributed by atoms with Gasteiger partial charge in [0.2, 0.25) is 0 Å². The molecule has 2 aliphatic heterocycles. The van der Waals surface area contributed by atoms with Crippen LogP contribution in [-0.2, 0) is 23.1 Å². The van der Waals surface area contributed by atoms with Crippen molar-refractivity contribution >= 4 is 43.0 Å². The highest BCUT2D eigenvalue weighted by atomic mass is 127. The Balaban J connectivity index is 2.17. The van der Waals surface area contributed by atoms with Crippen molar-refractivity contribution < 1.29 is 33.3 Å². The van der Waals surface area contributed by atoms with Crippen LogP contribution in [0.3, 0.4) is 0 Å². The zero-order valence-corrected chi connectivity index (χ0v) is 21.5. The predicted octanol–water partition coefficient (Wildman–Crippen LogP) is 1.22. The Labute approximate surface area is 183 Å². The maximum Gasteiger partial charge on any atom is 0.389 e. The standard InChI is InChI=1S/C17H34B2IO7P/c1-10-11(22)15(5,26-16(10,6)18)9-24-28(20,23)25-12-13(2,3)17(7,19)27-14(12,4)8-21/h10-12,21-22H,8-9,18-19H2,1-7H3/t10?,11?,12?,14?,15-,16-,17-,28?/m1/s1. The lowest BCUT2D eigenvalue weighted by Gasteiger charge is -2.38. The van der Waals surface area contributed by atoms with E-state index >= 15 is 0 Å². The SMILES string of the molecule is B[C@]1(C)O[C@](C)(COP(=O)(I)OC2C(C)(CO)O[C@](B)(C)C2(C)C)C(O)C1C. The number of aliphatic hydroxyl groups excluding tert-OH is 2. The summed E-state index contributed by atoms with van der Waals surface area (Å²) < 4.78 is 37.0. The number of hydrogen-bond acceptors (Lipinski definition) is 7. The van der Waals surface area contributed by atoms with E-state index in [9.17, 15) is 14.8 Å². The van der Waals surface area contributed by atoms with Gasteiger partial charge >= 0.3 is 5.24 Å². The average Bonchev–Trinajstić information content (AvgIpc) is 2.78. The molecule has 0 bridgehead atoms. The van der Waals surface area contributed by atoms with Crippen molar-refractivity contribution in [2.24, 2.45) is 11.3 Å². The van der Waals surface area contributed by atoms with Crippen LogP contribution in [0.1, 0.15) is 48.5 Å². The maximum absolute atomic E-state index is 13.2. The van der Waals surface area contributed by atoms with Crippen molar-refractivity contribution in [3.8, 4) is 0 Å². The summed E-state index contributed by atoms with van der Waals surface area (Å²) in [7, 11) is 3.84. The Morgan fingerprint density at radius 2 is 1.64 bits per heavy atom.